The van der Waals surface area contributed by atoms with Gasteiger partial charge < -0.3 is 15.2 Å². The van der Waals surface area contributed by atoms with E-state index >= 15 is 0 Å². The van der Waals surface area contributed by atoms with Crippen LogP contribution < -0.4 is 5.32 Å². The minimum absolute atomic E-state index is 0.0967. The number of aliphatic hydroxyl groups excluding tert-OH is 1. The summed E-state index contributed by atoms with van der Waals surface area (Å²) in [6.45, 7) is 6.55. The van der Waals surface area contributed by atoms with Gasteiger partial charge in [-0.3, -0.25) is 0 Å². The molecule has 0 aliphatic rings. The molecule has 0 aromatic heterocycles. The van der Waals surface area contributed by atoms with E-state index in [1.807, 2.05) is 25.1 Å². The minimum atomic E-state index is 0.0967. The Labute approximate surface area is 97.4 Å². The summed E-state index contributed by atoms with van der Waals surface area (Å²) < 4.78 is 5.26. The number of aliphatic hydroxyl groups is 1. The van der Waals surface area contributed by atoms with Gasteiger partial charge in [-0.1, -0.05) is 24.3 Å². The molecule has 1 aromatic rings. The first-order chi connectivity index (χ1) is 7.77. The van der Waals surface area contributed by atoms with Crippen molar-refractivity contribution in [3.63, 3.8) is 0 Å². The van der Waals surface area contributed by atoms with E-state index in [0.29, 0.717) is 0 Å². The molecule has 3 heteroatoms. The molecule has 1 rings (SSSR count). The average molecular weight is 223 g/mol. The molecule has 0 heterocycles. The first kappa shape index (κ1) is 13.2. The highest BCUT2D eigenvalue weighted by atomic mass is 16.5. The molecule has 0 amide bonds. The van der Waals surface area contributed by atoms with Crippen molar-refractivity contribution < 1.29 is 9.84 Å². The molecule has 3 nitrogen and oxygen atoms in total. The van der Waals surface area contributed by atoms with E-state index in [1.165, 1.54) is 5.56 Å². The second-order valence-corrected chi connectivity index (χ2v) is 3.78. The van der Waals surface area contributed by atoms with Gasteiger partial charge in [0.25, 0.3) is 0 Å². The van der Waals surface area contributed by atoms with Crippen LogP contribution in [0.1, 0.15) is 31.0 Å². The highest BCUT2D eigenvalue weighted by Crippen LogP contribution is 2.13. The van der Waals surface area contributed by atoms with Crippen molar-refractivity contribution in [2.45, 2.75) is 26.5 Å². The summed E-state index contributed by atoms with van der Waals surface area (Å²) in [6, 6.07) is 8.28. The van der Waals surface area contributed by atoms with Gasteiger partial charge in [0.2, 0.25) is 0 Å². The number of rotatable bonds is 7. The topological polar surface area (TPSA) is 41.5 Å². The van der Waals surface area contributed by atoms with Gasteiger partial charge in [0, 0.05) is 19.2 Å². The number of nitrogens with one attached hydrogen (secondary N) is 1. The summed E-state index contributed by atoms with van der Waals surface area (Å²) in [4.78, 5) is 0. The first-order valence-corrected chi connectivity index (χ1v) is 5.78. The maximum atomic E-state index is 9.05. The van der Waals surface area contributed by atoms with Gasteiger partial charge in [-0.2, -0.15) is 0 Å². The third-order valence-electron chi connectivity index (χ3n) is 2.53. The summed E-state index contributed by atoms with van der Waals surface area (Å²) in [5.74, 6) is 0. The van der Waals surface area contributed by atoms with Crippen molar-refractivity contribution in [1.29, 1.82) is 0 Å². The fourth-order valence-corrected chi connectivity index (χ4v) is 1.57. The molecule has 0 saturated carbocycles. The lowest BCUT2D eigenvalue weighted by Gasteiger charge is -2.14. The molecule has 0 fully saturated rings. The van der Waals surface area contributed by atoms with Crippen LogP contribution in [0.5, 0.6) is 0 Å². The molecule has 2 N–H and O–H groups in total. The Hall–Kier alpha value is -0.900. The molecular weight excluding hydrogens is 202 g/mol. The lowest BCUT2D eigenvalue weighted by Crippen LogP contribution is -2.23. The molecule has 0 saturated heterocycles. The van der Waals surface area contributed by atoms with Crippen LogP contribution in [-0.2, 0) is 11.3 Å². The van der Waals surface area contributed by atoms with Gasteiger partial charge in [-0.15, -0.1) is 0 Å². The van der Waals surface area contributed by atoms with E-state index in [1.54, 1.807) is 0 Å². The van der Waals surface area contributed by atoms with Gasteiger partial charge in [-0.05, 0) is 25.0 Å². The van der Waals surface area contributed by atoms with E-state index in [4.69, 9.17) is 9.84 Å². The summed E-state index contributed by atoms with van der Waals surface area (Å²) in [7, 11) is 0. The normalized spacial score (nSPS) is 12.7. The first-order valence-electron chi connectivity index (χ1n) is 5.78. The zero-order valence-corrected chi connectivity index (χ0v) is 10.1. The van der Waals surface area contributed by atoms with Crippen LogP contribution in [0.25, 0.3) is 0 Å². The fourth-order valence-electron chi connectivity index (χ4n) is 1.57. The van der Waals surface area contributed by atoms with Crippen molar-refractivity contribution in [2.24, 2.45) is 0 Å². The van der Waals surface area contributed by atoms with E-state index < -0.39 is 0 Å². The number of benzene rings is 1. The lowest BCUT2D eigenvalue weighted by atomic mass is 10.1. The zero-order valence-electron chi connectivity index (χ0n) is 10.1. The van der Waals surface area contributed by atoms with Crippen LogP contribution in [0.2, 0.25) is 0 Å². The molecule has 0 aliphatic carbocycles. The van der Waals surface area contributed by atoms with E-state index in [2.05, 4.69) is 18.3 Å². The summed E-state index contributed by atoms with van der Waals surface area (Å²) in [6.07, 6.45) is 0. The van der Waals surface area contributed by atoms with Crippen LogP contribution in [0.3, 0.4) is 0 Å². The predicted octanol–water partition coefficient (Wildman–Crippen LogP) is 1.87. The largest absolute Gasteiger partial charge is 0.392 e. The van der Waals surface area contributed by atoms with Gasteiger partial charge in [-0.25, -0.2) is 0 Å². The summed E-state index contributed by atoms with van der Waals surface area (Å²) in [5.41, 5.74) is 2.15. The quantitative estimate of drug-likeness (QED) is 0.693. The zero-order chi connectivity index (χ0) is 11.8. The number of hydrogen-bond donors (Lipinski definition) is 2. The van der Waals surface area contributed by atoms with E-state index in [0.717, 1.165) is 25.3 Å². The Kier molecular flexibility index (Phi) is 6.08. The highest BCUT2D eigenvalue weighted by molar-refractivity contribution is 5.25. The Morgan fingerprint density at radius 1 is 1.44 bits per heavy atom. The van der Waals surface area contributed by atoms with Crippen molar-refractivity contribution >= 4 is 0 Å². The lowest BCUT2D eigenvalue weighted by molar-refractivity contribution is 0.147. The van der Waals surface area contributed by atoms with Crippen molar-refractivity contribution in [3.8, 4) is 0 Å². The third-order valence-corrected chi connectivity index (χ3v) is 2.53. The molecule has 0 bridgehead atoms. The van der Waals surface area contributed by atoms with Crippen LogP contribution >= 0.6 is 0 Å². The highest BCUT2D eigenvalue weighted by Gasteiger charge is 2.04. The van der Waals surface area contributed by atoms with Crippen LogP contribution in [-0.4, -0.2) is 24.9 Å². The van der Waals surface area contributed by atoms with Gasteiger partial charge in [0.05, 0.1) is 13.2 Å². The molecule has 0 spiro atoms. The van der Waals surface area contributed by atoms with Gasteiger partial charge in [0.1, 0.15) is 0 Å². The van der Waals surface area contributed by atoms with Gasteiger partial charge >= 0.3 is 0 Å². The monoisotopic (exact) mass is 223 g/mol. The SMILES string of the molecule is CCOCCNC(C)c1cccc(CO)c1. The van der Waals surface area contributed by atoms with E-state index in [9.17, 15) is 0 Å². The maximum absolute atomic E-state index is 9.05. The standard InChI is InChI=1S/C13H21NO2/c1-3-16-8-7-14-11(2)13-6-4-5-12(9-13)10-15/h4-6,9,11,14-15H,3,7-8,10H2,1-2H3. The minimum Gasteiger partial charge on any atom is -0.392 e. The number of ether oxygens (including phenoxy) is 1. The smallest absolute Gasteiger partial charge is 0.0681 e. The van der Waals surface area contributed by atoms with Crippen molar-refractivity contribution in [3.05, 3.63) is 35.4 Å². The predicted molar refractivity (Wildman–Crippen MR) is 65.3 cm³/mol. The number of hydrogen-bond acceptors (Lipinski definition) is 3. The maximum Gasteiger partial charge on any atom is 0.0681 e. The summed E-state index contributed by atoms with van der Waals surface area (Å²) in [5, 5.41) is 12.4. The molecular formula is C13H21NO2. The van der Waals surface area contributed by atoms with Gasteiger partial charge in [0.15, 0.2) is 0 Å². The summed E-state index contributed by atoms with van der Waals surface area (Å²) >= 11 is 0. The second-order valence-electron chi connectivity index (χ2n) is 3.78. The molecule has 1 aromatic carbocycles. The average Bonchev–Trinajstić information content (AvgIpc) is 2.34. The Bertz CT molecular complexity index is 302. The third kappa shape index (κ3) is 4.31. The molecule has 1 atom stereocenters. The fraction of sp³-hybridized carbons (Fsp3) is 0.538. The molecule has 0 radical (unpaired) electrons. The van der Waals surface area contributed by atoms with Crippen LogP contribution in [0, 0.1) is 0 Å². The van der Waals surface area contributed by atoms with Crippen molar-refractivity contribution in [1.82, 2.24) is 5.32 Å². The molecule has 1 unspecified atom stereocenters. The molecule has 90 valence electrons. The Morgan fingerprint density at radius 3 is 2.94 bits per heavy atom. The molecule has 16 heavy (non-hydrogen) atoms. The van der Waals surface area contributed by atoms with Crippen LogP contribution in [0.4, 0.5) is 0 Å². The Morgan fingerprint density at radius 2 is 2.25 bits per heavy atom. The van der Waals surface area contributed by atoms with E-state index in [-0.39, 0.29) is 12.6 Å². The Balaban J connectivity index is 2.42. The van der Waals surface area contributed by atoms with Crippen LogP contribution in [0.15, 0.2) is 24.3 Å². The van der Waals surface area contributed by atoms with Crippen molar-refractivity contribution in [2.75, 3.05) is 19.8 Å². The molecule has 0 aliphatic heterocycles. The second kappa shape index (κ2) is 7.39.